The van der Waals surface area contributed by atoms with E-state index in [4.69, 9.17) is 0 Å². The van der Waals surface area contributed by atoms with Crippen molar-refractivity contribution in [3.8, 4) is 16.9 Å². The molecule has 0 radical (unpaired) electrons. The summed E-state index contributed by atoms with van der Waals surface area (Å²) in [5.74, 6) is -0.0221. The molecule has 9 rings (SSSR count). The van der Waals surface area contributed by atoms with E-state index >= 15 is 0 Å². The minimum Gasteiger partial charge on any atom is -0.351 e. The van der Waals surface area contributed by atoms with Gasteiger partial charge >= 0.3 is 12.2 Å². The van der Waals surface area contributed by atoms with Gasteiger partial charge in [-0.05, 0) is 94.3 Å². The highest BCUT2D eigenvalue weighted by molar-refractivity contribution is 7.89. The fourth-order valence-electron chi connectivity index (χ4n) is 9.44. The molecule has 15 nitrogen and oxygen atoms in total. The highest BCUT2D eigenvalue weighted by Crippen LogP contribution is 2.38. The predicted octanol–water partition coefficient (Wildman–Crippen LogP) is 6.94. The third-order valence-electron chi connectivity index (χ3n) is 13.0. The summed E-state index contributed by atoms with van der Waals surface area (Å²) in [5, 5.41) is 14.3. The van der Waals surface area contributed by atoms with E-state index in [1.807, 2.05) is 25.3 Å². The molecular weight excluding hydrogens is 867 g/mol. The van der Waals surface area contributed by atoms with Crippen molar-refractivity contribution in [2.75, 3.05) is 42.9 Å². The van der Waals surface area contributed by atoms with Gasteiger partial charge in [-0.3, -0.25) is 19.7 Å². The molecule has 3 amide bonds. The van der Waals surface area contributed by atoms with E-state index < -0.39 is 44.6 Å². The zero-order valence-electron chi connectivity index (χ0n) is 35.9. The van der Waals surface area contributed by atoms with Crippen LogP contribution in [0, 0.1) is 5.82 Å². The Kier molecular flexibility index (Phi) is 12.1. The van der Waals surface area contributed by atoms with E-state index in [2.05, 4.69) is 54.8 Å². The normalized spacial score (nSPS) is 20.3. The third kappa shape index (κ3) is 9.15. The number of fused-ring (bicyclic) bond motifs is 1. The smallest absolute Gasteiger partial charge is 0.351 e. The van der Waals surface area contributed by atoms with Crippen molar-refractivity contribution < 1.29 is 35.6 Å². The molecule has 2 unspecified atom stereocenters. The molecule has 3 aliphatic heterocycles. The van der Waals surface area contributed by atoms with Crippen molar-refractivity contribution in [2.45, 2.75) is 81.3 Å². The number of sulfonamides is 1. The van der Waals surface area contributed by atoms with Crippen molar-refractivity contribution in [3.05, 3.63) is 102 Å². The lowest BCUT2D eigenvalue weighted by atomic mass is 9.87. The largest absolute Gasteiger partial charge is 0.419 e. The molecule has 2 N–H and O–H groups in total. The summed E-state index contributed by atoms with van der Waals surface area (Å²) >= 11 is 0. The highest BCUT2D eigenvalue weighted by Gasteiger charge is 2.38. The standard InChI is InChI=1S/C45H49F4N11O4S/c1-28(57-17-12-30(13-18-57)31-10-11-35-39(24-31)56(2)55-42(35)59-21-16-40(61)53-44(59)62)22-29-6-5-7-34(23-29)65(63,64)58-19-14-33(15-20-58)52-43-50-26-36(45(47,48)49)41(54-43)32-25-51-60(27-32)38-9-4-3-8-37(38)46/h3-11,24-28,30,33-34H,12-23H2,1-2H3,(H,50,52,54)(H,53,61,62). The lowest BCUT2D eigenvalue weighted by molar-refractivity contribution is -0.137. The number of nitrogens with one attached hydrogen (secondary N) is 2. The molecule has 65 heavy (non-hydrogen) atoms. The summed E-state index contributed by atoms with van der Waals surface area (Å²) in [6.45, 7) is 4.72. The van der Waals surface area contributed by atoms with Crippen LogP contribution < -0.4 is 15.5 Å². The Labute approximate surface area is 373 Å². The van der Waals surface area contributed by atoms with Gasteiger partial charge in [-0.1, -0.05) is 42.0 Å². The molecule has 2 atom stereocenters. The third-order valence-corrected chi connectivity index (χ3v) is 15.2. The number of aryl methyl sites for hydroxylation is 1. The molecule has 0 bridgehead atoms. The second kappa shape index (κ2) is 17.8. The Morgan fingerprint density at radius 3 is 2.49 bits per heavy atom. The molecule has 2 aromatic carbocycles. The SMILES string of the molecule is CC(CC1=CC=CC(S(=O)(=O)N2CCC(Nc3ncc(C(F)(F)F)c(-c4cnn(-c5ccccc5F)c4)n3)CC2)C1)N1CCC(c2ccc3c(N4CCC(=O)NC4=O)nn(C)c3c2)CC1. The fraction of sp³-hybridized carbons (Fsp3) is 0.422. The van der Waals surface area contributed by atoms with Crippen molar-refractivity contribution >= 4 is 44.6 Å². The van der Waals surface area contributed by atoms with Crippen LogP contribution in [0.15, 0.2) is 84.9 Å². The van der Waals surface area contributed by atoms with Crippen LogP contribution in [0.3, 0.4) is 0 Å². The summed E-state index contributed by atoms with van der Waals surface area (Å²) in [4.78, 5) is 36.4. The first-order chi connectivity index (χ1) is 31.1. The van der Waals surface area contributed by atoms with Crippen LogP contribution in [0.2, 0.25) is 0 Å². The number of imide groups is 1. The number of allylic oxidation sites excluding steroid dienone is 2. The van der Waals surface area contributed by atoms with E-state index in [9.17, 15) is 35.6 Å². The number of amides is 3. The van der Waals surface area contributed by atoms with Crippen LogP contribution in [0.5, 0.6) is 0 Å². The number of aromatic nitrogens is 6. The van der Waals surface area contributed by atoms with E-state index in [0.29, 0.717) is 37.2 Å². The molecule has 6 heterocycles. The number of alkyl halides is 3. The van der Waals surface area contributed by atoms with Gasteiger partial charge in [0.15, 0.2) is 5.82 Å². The topological polar surface area (TPSA) is 163 Å². The number of carbonyl (C=O) groups is 2. The summed E-state index contributed by atoms with van der Waals surface area (Å²) in [7, 11) is -1.84. The van der Waals surface area contributed by atoms with Gasteiger partial charge in [0.1, 0.15) is 17.1 Å². The maximum atomic E-state index is 14.4. The highest BCUT2D eigenvalue weighted by atomic mass is 32.2. The quantitative estimate of drug-likeness (QED) is 0.133. The fourth-order valence-corrected chi connectivity index (χ4v) is 11.3. The molecule has 342 valence electrons. The van der Waals surface area contributed by atoms with Crippen LogP contribution in [-0.4, -0.2) is 109 Å². The average Bonchev–Trinajstić information content (AvgIpc) is 3.91. The molecular formula is C45H49F4N11O4S. The Morgan fingerprint density at radius 2 is 1.75 bits per heavy atom. The summed E-state index contributed by atoms with van der Waals surface area (Å²) in [6, 6.07) is 11.5. The van der Waals surface area contributed by atoms with Gasteiger partial charge in [0.05, 0.1) is 22.7 Å². The van der Waals surface area contributed by atoms with E-state index in [1.165, 1.54) is 45.4 Å². The molecule has 0 spiro atoms. The van der Waals surface area contributed by atoms with Gasteiger partial charge in [0, 0.05) is 68.5 Å². The minimum atomic E-state index is -4.76. The number of benzene rings is 2. The molecule has 3 saturated heterocycles. The first kappa shape index (κ1) is 44.2. The van der Waals surface area contributed by atoms with Gasteiger partial charge in [-0.15, -0.1) is 0 Å². The zero-order valence-corrected chi connectivity index (χ0v) is 36.7. The number of carbonyl (C=O) groups excluding carboxylic acids is 2. The summed E-state index contributed by atoms with van der Waals surface area (Å²) in [5.41, 5.74) is 1.84. The van der Waals surface area contributed by atoms with Gasteiger partial charge < -0.3 is 10.2 Å². The number of nitrogens with zero attached hydrogens (tertiary/aromatic N) is 9. The number of hydrogen-bond donors (Lipinski definition) is 2. The minimum absolute atomic E-state index is 0.0273. The van der Waals surface area contributed by atoms with Crippen molar-refractivity contribution in [3.63, 3.8) is 0 Å². The van der Waals surface area contributed by atoms with E-state index in [-0.39, 0.29) is 61.2 Å². The molecule has 3 fully saturated rings. The van der Waals surface area contributed by atoms with Crippen LogP contribution in [0.1, 0.15) is 68.9 Å². The van der Waals surface area contributed by atoms with Crippen LogP contribution in [-0.2, 0) is 28.0 Å². The van der Waals surface area contributed by atoms with Crippen molar-refractivity contribution in [1.82, 2.24) is 44.1 Å². The van der Waals surface area contributed by atoms with Gasteiger partial charge in [-0.2, -0.15) is 23.4 Å². The number of halogens is 4. The maximum Gasteiger partial charge on any atom is 0.419 e. The van der Waals surface area contributed by atoms with Gasteiger partial charge in [-0.25, -0.2) is 36.6 Å². The van der Waals surface area contributed by atoms with E-state index in [1.54, 1.807) is 16.8 Å². The number of piperidine rings is 2. The van der Waals surface area contributed by atoms with Crippen LogP contribution in [0.25, 0.3) is 27.8 Å². The number of urea groups is 1. The molecule has 5 aromatic rings. The monoisotopic (exact) mass is 915 g/mol. The maximum absolute atomic E-state index is 14.4. The molecule has 3 aromatic heterocycles. The number of likely N-dealkylation sites (tertiary alicyclic amines) is 1. The van der Waals surface area contributed by atoms with Gasteiger partial charge in [0.2, 0.25) is 21.9 Å². The first-order valence-electron chi connectivity index (χ1n) is 21.8. The summed E-state index contributed by atoms with van der Waals surface area (Å²) in [6.07, 6.45) is 8.11. The first-order valence-corrected chi connectivity index (χ1v) is 23.3. The van der Waals surface area contributed by atoms with E-state index in [0.717, 1.165) is 53.5 Å². The molecule has 1 aliphatic carbocycles. The van der Waals surface area contributed by atoms with Crippen LogP contribution >= 0.6 is 0 Å². The second-order valence-electron chi connectivity index (χ2n) is 17.2. The Balaban J connectivity index is 0.772. The Morgan fingerprint density at radius 1 is 0.985 bits per heavy atom. The molecule has 0 saturated carbocycles. The number of rotatable bonds is 11. The van der Waals surface area contributed by atoms with Crippen molar-refractivity contribution in [2.24, 2.45) is 7.05 Å². The average molecular weight is 916 g/mol. The Hall–Kier alpha value is -5.99. The number of hydrogen-bond acceptors (Lipinski definition) is 10. The molecule has 4 aliphatic rings. The number of para-hydroxylation sites is 1. The lowest BCUT2D eigenvalue weighted by Gasteiger charge is -2.37. The zero-order chi connectivity index (χ0) is 45.6. The number of anilines is 2. The second-order valence-corrected chi connectivity index (χ2v) is 19.4. The predicted molar refractivity (Wildman–Crippen MR) is 236 cm³/mol. The summed E-state index contributed by atoms with van der Waals surface area (Å²) < 4.78 is 89.1. The van der Waals surface area contributed by atoms with Crippen LogP contribution in [0.4, 0.5) is 34.1 Å². The lowest BCUT2D eigenvalue weighted by Crippen LogP contribution is -2.49. The van der Waals surface area contributed by atoms with Gasteiger partial charge in [0.25, 0.3) is 0 Å². The Bertz CT molecular complexity index is 2790. The molecule has 20 heteroatoms. The van der Waals surface area contributed by atoms with Crippen molar-refractivity contribution in [1.29, 1.82) is 0 Å².